The predicted molar refractivity (Wildman–Crippen MR) is 50.7 cm³/mol. The fourth-order valence-electron chi connectivity index (χ4n) is 1.58. The number of aliphatic hydroxyl groups is 3. The highest BCUT2D eigenvalue weighted by Gasteiger charge is 2.52. The van der Waals surface area contributed by atoms with E-state index >= 15 is 0 Å². The van der Waals surface area contributed by atoms with E-state index in [0.29, 0.717) is 0 Å². The summed E-state index contributed by atoms with van der Waals surface area (Å²) in [6, 6.07) is 1.80. The van der Waals surface area contributed by atoms with Crippen molar-refractivity contribution in [1.29, 1.82) is 5.26 Å². The molecule has 0 aromatic heterocycles. The minimum Gasteiger partial charge on any atom is -0.387 e. The van der Waals surface area contributed by atoms with Gasteiger partial charge < -0.3 is 20.1 Å². The molecule has 0 spiro atoms. The molecule has 0 saturated carbocycles. The molecule has 0 aliphatic carbocycles. The van der Waals surface area contributed by atoms with E-state index in [2.05, 4.69) is 10.0 Å². The molecule has 0 amide bonds. The van der Waals surface area contributed by atoms with Gasteiger partial charge in [0, 0.05) is 17.8 Å². The normalized spacial score (nSPS) is 37.8. The summed E-state index contributed by atoms with van der Waals surface area (Å²) in [6.07, 6.45) is -3.95. The van der Waals surface area contributed by atoms with Gasteiger partial charge in [-0.3, -0.25) is 0 Å². The first-order valence-corrected chi connectivity index (χ1v) is 4.69. The smallest absolute Gasteiger partial charge is 0.196 e. The number of aliphatic hydroxyl groups excluding tert-OH is 2. The minimum absolute atomic E-state index is 0.0193. The van der Waals surface area contributed by atoms with E-state index in [1.165, 1.54) is 0 Å². The van der Waals surface area contributed by atoms with E-state index in [4.69, 9.17) is 15.5 Å². The summed E-state index contributed by atoms with van der Waals surface area (Å²) in [6.45, 7) is -0.191. The average molecular weight is 228 g/mol. The minimum atomic E-state index is -1.95. The molecule has 8 heteroatoms. The van der Waals surface area contributed by atoms with Crippen LogP contribution in [0.4, 0.5) is 0 Å². The van der Waals surface area contributed by atoms with Crippen LogP contribution >= 0.6 is 0 Å². The maximum Gasteiger partial charge on any atom is 0.196 e. The lowest BCUT2D eigenvalue weighted by Gasteiger charge is -2.24. The third kappa shape index (κ3) is 2.41. The van der Waals surface area contributed by atoms with Crippen molar-refractivity contribution in [2.45, 2.75) is 36.9 Å². The molecule has 1 aliphatic rings. The third-order valence-corrected chi connectivity index (χ3v) is 2.44. The maximum absolute atomic E-state index is 9.81. The first kappa shape index (κ1) is 12.7. The zero-order valence-electron chi connectivity index (χ0n) is 8.39. The van der Waals surface area contributed by atoms with Gasteiger partial charge in [0.05, 0.1) is 18.7 Å². The fourth-order valence-corrected chi connectivity index (χ4v) is 1.58. The average Bonchev–Trinajstić information content (AvgIpc) is 2.49. The van der Waals surface area contributed by atoms with Crippen LogP contribution in [-0.2, 0) is 4.74 Å². The Kier molecular flexibility index (Phi) is 4.06. The van der Waals surface area contributed by atoms with Crippen LogP contribution in [0.25, 0.3) is 10.4 Å². The second-order valence-electron chi connectivity index (χ2n) is 3.51. The Bertz CT molecular complexity index is 337. The van der Waals surface area contributed by atoms with Crippen LogP contribution < -0.4 is 0 Å². The van der Waals surface area contributed by atoms with Crippen LogP contribution in [0, 0.1) is 11.3 Å². The summed E-state index contributed by atoms with van der Waals surface area (Å²) in [4.78, 5) is 2.49. The summed E-state index contributed by atoms with van der Waals surface area (Å²) >= 11 is 0. The van der Waals surface area contributed by atoms with Crippen molar-refractivity contribution in [1.82, 2.24) is 0 Å². The summed E-state index contributed by atoms with van der Waals surface area (Å²) in [5.74, 6) is -1.95. The van der Waals surface area contributed by atoms with Gasteiger partial charge in [0.25, 0.3) is 0 Å². The molecule has 0 aromatic rings. The Morgan fingerprint density at radius 3 is 2.81 bits per heavy atom. The van der Waals surface area contributed by atoms with Crippen molar-refractivity contribution >= 4 is 0 Å². The van der Waals surface area contributed by atoms with Crippen molar-refractivity contribution in [2.24, 2.45) is 5.11 Å². The molecule has 1 saturated heterocycles. The molecular weight excluding hydrogens is 216 g/mol. The van der Waals surface area contributed by atoms with Crippen LogP contribution in [0.15, 0.2) is 5.11 Å². The van der Waals surface area contributed by atoms with E-state index < -0.39 is 24.1 Å². The van der Waals surface area contributed by atoms with Crippen LogP contribution in [0.5, 0.6) is 0 Å². The lowest BCUT2D eigenvalue weighted by atomic mass is 10.0. The largest absolute Gasteiger partial charge is 0.387 e. The Labute approximate surface area is 91.3 Å². The number of nitriles is 1. The Morgan fingerprint density at radius 1 is 1.56 bits per heavy atom. The highest BCUT2D eigenvalue weighted by atomic mass is 16.7. The van der Waals surface area contributed by atoms with Crippen LogP contribution in [-0.4, -0.2) is 46.0 Å². The van der Waals surface area contributed by atoms with Gasteiger partial charge in [-0.2, -0.15) is 5.26 Å². The molecule has 1 aliphatic heterocycles. The number of hydrogen-bond donors (Lipinski definition) is 3. The standard InChI is InChI=1S/C8H12N4O4/c9-3-1-2-8(15)7(14)6(13)5(16-8)4-11-12-10/h5-7,13-15H,1-2,4H2/t5-,6+,7-,8?/m0/s1. The van der Waals surface area contributed by atoms with Crippen LogP contribution in [0.1, 0.15) is 12.8 Å². The molecule has 1 heterocycles. The van der Waals surface area contributed by atoms with Crippen molar-refractivity contribution in [3.05, 3.63) is 10.4 Å². The molecule has 4 atom stereocenters. The Hall–Kier alpha value is -1.36. The van der Waals surface area contributed by atoms with Gasteiger partial charge in [0.15, 0.2) is 5.79 Å². The number of ether oxygens (including phenoxy) is 1. The fraction of sp³-hybridized carbons (Fsp3) is 0.875. The molecule has 3 N–H and O–H groups in total. The number of hydrogen-bond acceptors (Lipinski definition) is 6. The summed E-state index contributed by atoms with van der Waals surface area (Å²) in [5.41, 5.74) is 8.10. The van der Waals surface area contributed by atoms with Gasteiger partial charge in [-0.05, 0) is 5.53 Å². The molecule has 16 heavy (non-hydrogen) atoms. The first-order valence-electron chi connectivity index (χ1n) is 4.69. The Morgan fingerprint density at radius 2 is 2.25 bits per heavy atom. The SMILES string of the molecule is N#CCCC1(O)O[C@@H](CN=[N+]=[N-])[C@@H](O)[C@@H]1O. The van der Waals surface area contributed by atoms with E-state index in [0.717, 1.165) is 0 Å². The van der Waals surface area contributed by atoms with Crippen LogP contribution in [0.3, 0.4) is 0 Å². The van der Waals surface area contributed by atoms with E-state index in [-0.39, 0.29) is 19.4 Å². The monoisotopic (exact) mass is 228 g/mol. The molecular formula is C8H12N4O4. The third-order valence-electron chi connectivity index (χ3n) is 2.44. The second kappa shape index (κ2) is 5.12. The highest BCUT2D eigenvalue weighted by Crippen LogP contribution is 2.32. The van der Waals surface area contributed by atoms with Gasteiger partial charge in [0.1, 0.15) is 12.2 Å². The van der Waals surface area contributed by atoms with Crippen molar-refractivity contribution in [2.75, 3.05) is 6.54 Å². The zero-order chi connectivity index (χ0) is 12.2. The first-order chi connectivity index (χ1) is 7.55. The van der Waals surface area contributed by atoms with Gasteiger partial charge in [-0.25, -0.2) is 0 Å². The molecule has 1 fully saturated rings. The molecule has 0 bridgehead atoms. The number of rotatable bonds is 4. The van der Waals surface area contributed by atoms with Crippen LogP contribution in [0.2, 0.25) is 0 Å². The number of nitrogens with zero attached hydrogens (tertiary/aromatic N) is 4. The quantitative estimate of drug-likeness (QED) is 0.334. The zero-order valence-corrected chi connectivity index (χ0v) is 8.39. The summed E-state index contributed by atoms with van der Waals surface area (Å²) in [7, 11) is 0. The molecule has 1 unspecified atom stereocenters. The molecule has 88 valence electrons. The van der Waals surface area contributed by atoms with Gasteiger partial charge >= 0.3 is 0 Å². The topological polar surface area (TPSA) is 142 Å². The summed E-state index contributed by atoms with van der Waals surface area (Å²) in [5, 5.41) is 40.4. The van der Waals surface area contributed by atoms with Crippen molar-refractivity contribution in [3.8, 4) is 6.07 Å². The van der Waals surface area contributed by atoms with Gasteiger partial charge in [0.2, 0.25) is 0 Å². The van der Waals surface area contributed by atoms with E-state index in [9.17, 15) is 15.3 Å². The van der Waals surface area contributed by atoms with Gasteiger partial charge in [-0.15, -0.1) is 0 Å². The maximum atomic E-state index is 9.81. The lowest BCUT2D eigenvalue weighted by molar-refractivity contribution is -0.229. The van der Waals surface area contributed by atoms with E-state index in [1.807, 2.05) is 0 Å². The molecule has 0 radical (unpaired) electrons. The highest BCUT2D eigenvalue weighted by molar-refractivity contribution is 4.97. The molecule has 0 aromatic carbocycles. The molecule has 1 rings (SSSR count). The predicted octanol–water partition coefficient (Wildman–Crippen LogP) is -0.590. The summed E-state index contributed by atoms with van der Waals surface area (Å²) < 4.78 is 5.02. The van der Waals surface area contributed by atoms with Crippen molar-refractivity contribution < 1.29 is 20.1 Å². The van der Waals surface area contributed by atoms with Crippen molar-refractivity contribution in [3.63, 3.8) is 0 Å². The Balaban J connectivity index is 2.70. The number of azide groups is 1. The van der Waals surface area contributed by atoms with Gasteiger partial charge in [-0.1, -0.05) is 5.11 Å². The lowest BCUT2D eigenvalue weighted by Crippen LogP contribution is -2.43. The second-order valence-corrected chi connectivity index (χ2v) is 3.51. The molecule has 8 nitrogen and oxygen atoms in total. The van der Waals surface area contributed by atoms with E-state index in [1.54, 1.807) is 6.07 Å².